The number of aromatic amines is 1. The molecule has 32 heavy (non-hydrogen) atoms. The van der Waals surface area contributed by atoms with Crippen molar-refractivity contribution >= 4 is 65.8 Å². The molecule has 0 radical (unpaired) electrons. The van der Waals surface area contributed by atoms with Gasteiger partial charge in [0, 0.05) is 23.2 Å². The monoisotopic (exact) mass is 501 g/mol. The van der Waals surface area contributed by atoms with E-state index in [1.54, 1.807) is 24.8 Å². The van der Waals surface area contributed by atoms with Crippen molar-refractivity contribution in [2.75, 3.05) is 0 Å². The Morgan fingerprint density at radius 1 is 0.656 bits per heavy atom. The fourth-order valence-electron chi connectivity index (χ4n) is 3.24. The summed E-state index contributed by atoms with van der Waals surface area (Å²) in [6.45, 7) is 0. The molecule has 0 atom stereocenters. The Kier molecular flexibility index (Phi) is 7.64. The number of aromatic nitrogens is 3. The molecule has 0 fully saturated rings. The zero-order valence-corrected chi connectivity index (χ0v) is 19.3. The van der Waals surface area contributed by atoms with Crippen molar-refractivity contribution in [3.8, 4) is 0 Å². The second-order valence-electron chi connectivity index (χ2n) is 6.64. The van der Waals surface area contributed by atoms with Gasteiger partial charge in [0.15, 0.2) is 0 Å². The van der Waals surface area contributed by atoms with Crippen molar-refractivity contribution in [1.82, 2.24) is 15.0 Å². The van der Waals surface area contributed by atoms with E-state index in [9.17, 15) is 0 Å². The molecular weight excluding hydrogens is 485 g/mol. The number of para-hydroxylation sites is 2. The van der Waals surface area contributed by atoms with Crippen LogP contribution >= 0.6 is 20.2 Å². The Morgan fingerprint density at radius 3 is 1.56 bits per heavy atom. The van der Waals surface area contributed by atoms with E-state index in [0.29, 0.717) is 0 Å². The van der Waals surface area contributed by atoms with E-state index in [4.69, 9.17) is 20.2 Å². The van der Waals surface area contributed by atoms with Gasteiger partial charge in [-0.3, -0.25) is 20.0 Å². The second kappa shape index (κ2) is 11.0. The topological polar surface area (TPSA) is 66.3 Å². The first-order valence-corrected chi connectivity index (χ1v) is 12.6. The van der Waals surface area contributed by atoms with Crippen LogP contribution in [0.5, 0.6) is 0 Å². The molecule has 0 saturated heterocycles. The van der Waals surface area contributed by atoms with Crippen LogP contribution in [0.1, 0.15) is 11.4 Å². The number of hydrogen-bond donors (Lipinski definition) is 1. The van der Waals surface area contributed by atoms with Crippen molar-refractivity contribution in [3.05, 3.63) is 96.6 Å². The first kappa shape index (κ1) is 22.2. The number of rotatable bonds is 4. The van der Waals surface area contributed by atoms with Gasteiger partial charge in [0.05, 0.1) is 46.2 Å². The van der Waals surface area contributed by atoms with E-state index in [1.165, 1.54) is 0 Å². The Balaban J connectivity index is 0.000000775. The van der Waals surface area contributed by atoms with Gasteiger partial charge in [0.25, 0.3) is 0 Å². The fourth-order valence-corrected chi connectivity index (χ4v) is 3.24. The summed E-state index contributed by atoms with van der Waals surface area (Å²) < 4.78 is 0. The van der Waals surface area contributed by atoms with Gasteiger partial charge in [0.2, 0.25) is 0 Å². The molecule has 0 aliphatic carbocycles. The van der Waals surface area contributed by atoms with Gasteiger partial charge >= 0.3 is 33.3 Å². The van der Waals surface area contributed by atoms with Crippen LogP contribution in [0.3, 0.4) is 0 Å². The van der Waals surface area contributed by atoms with E-state index in [0.717, 1.165) is 44.6 Å². The predicted octanol–water partition coefficient (Wildman–Crippen LogP) is 6.99. The molecule has 5 nitrogen and oxygen atoms in total. The maximum absolute atomic E-state index is 4.76. The molecule has 0 amide bonds. The van der Waals surface area contributed by atoms with Crippen molar-refractivity contribution < 1.29 is 13.1 Å². The van der Waals surface area contributed by atoms with Crippen LogP contribution in [0.4, 0.5) is 11.4 Å². The summed E-state index contributed by atoms with van der Waals surface area (Å²) in [5.41, 5.74) is 5.27. The van der Waals surface area contributed by atoms with Crippen molar-refractivity contribution in [1.29, 1.82) is 0 Å². The minimum atomic E-state index is 0.194. The van der Waals surface area contributed by atoms with Gasteiger partial charge < -0.3 is 4.98 Å². The molecule has 1 N–H and O–H groups in total. The van der Waals surface area contributed by atoms with Gasteiger partial charge in [-0.25, -0.2) is 0 Å². The SMILES string of the molecule is C(=Nc1cccc2cccnc12)c1ccc(C=Nc2cccc3cccnc23)[nH]1.[Cl][Fe][Cl]. The quantitative estimate of drug-likeness (QED) is 0.213. The molecule has 0 unspecified atom stereocenters. The molecule has 8 heteroatoms. The zero-order valence-electron chi connectivity index (χ0n) is 16.6. The third kappa shape index (κ3) is 5.42. The van der Waals surface area contributed by atoms with Crippen LogP contribution in [0.15, 0.2) is 95.2 Å². The number of benzene rings is 2. The Hall–Kier alpha value is -3.02. The number of nitrogens with zero attached hydrogens (tertiary/aromatic N) is 4. The predicted molar refractivity (Wildman–Crippen MR) is 130 cm³/mol. The van der Waals surface area contributed by atoms with Crippen LogP contribution < -0.4 is 0 Å². The Bertz CT molecular complexity index is 1280. The molecule has 3 heterocycles. The number of hydrogen-bond acceptors (Lipinski definition) is 4. The summed E-state index contributed by atoms with van der Waals surface area (Å²) >= 11 is 0.194. The number of H-pyrrole nitrogens is 1. The number of nitrogens with one attached hydrogen (secondary N) is 1. The van der Waals surface area contributed by atoms with E-state index in [1.807, 2.05) is 72.8 Å². The van der Waals surface area contributed by atoms with Crippen molar-refractivity contribution in [2.45, 2.75) is 0 Å². The summed E-state index contributed by atoms with van der Waals surface area (Å²) in [5, 5.41) is 2.15. The van der Waals surface area contributed by atoms with Gasteiger partial charge in [-0.05, 0) is 36.4 Å². The van der Waals surface area contributed by atoms with Crippen LogP contribution in [0.25, 0.3) is 21.8 Å². The summed E-state index contributed by atoms with van der Waals surface area (Å²) in [6, 6.07) is 23.9. The molecule has 2 aromatic carbocycles. The van der Waals surface area contributed by atoms with Gasteiger partial charge in [0.1, 0.15) is 0 Å². The molecule has 160 valence electrons. The summed E-state index contributed by atoms with van der Waals surface area (Å²) in [5.74, 6) is 0. The van der Waals surface area contributed by atoms with E-state index >= 15 is 0 Å². The van der Waals surface area contributed by atoms with Gasteiger partial charge in [-0.2, -0.15) is 0 Å². The van der Waals surface area contributed by atoms with E-state index in [2.05, 4.69) is 24.9 Å². The number of pyridine rings is 2. The molecular formula is C24H17Cl2FeN5. The standard InChI is InChI=1S/C24H17N5.2ClH.Fe/c1-5-17-7-3-13-25-23(17)21(9-1)27-15-19-11-12-20(29-19)16-28-22-10-2-6-18-8-4-14-26-24(18)22;;;/h1-16,29H;2*1H;/q;;;+2/p-2. The molecule has 5 rings (SSSR count). The number of aliphatic imine (C=N–C) groups is 2. The van der Waals surface area contributed by atoms with Crippen LogP contribution in [0, 0.1) is 0 Å². The molecule has 5 aromatic rings. The average Bonchev–Trinajstić information content (AvgIpc) is 3.30. The first-order chi connectivity index (χ1) is 15.8. The molecule has 0 aliphatic heterocycles. The van der Waals surface area contributed by atoms with Crippen LogP contribution in [0.2, 0.25) is 0 Å². The minimum absolute atomic E-state index is 0.194. The van der Waals surface area contributed by atoms with Gasteiger partial charge in [-0.1, -0.05) is 36.4 Å². The first-order valence-electron chi connectivity index (χ1n) is 9.58. The average molecular weight is 502 g/mol. The maximum atomic E-state index is 4.76. The molecule has 0 saturated carbocycles. The zero-order chi connectivity index (χ0) is 22.2. The normalized spacial score (nSPS) is 11.4. The second-order valence-corrected chi connectivity index (χ2v) is 8.46. The summed E-state index contributed by atoms with van der Waals surface area (Å²) in [6.07, 6.45) is 7.18. The molecule has 0 bridgehead atoms. The summed E-state index contributed by atoms with van der Waals surface area (Å²) in [4.78, 5) is 21.4. The van der Waals surface area contributed by atoms with Crippen LogP contribution in [-0.2, 0) is 13.1 Å². The molecule has 3 aromatic heterocycles. The van der Waals surface area contributed by atoms with E-state index < -0.39 is 0 Å². The number of halogens is 2. The molecule has 0 spiro atoms. The summed E-state index contributed by atoms with van der Waals surface area (Å²) in [7, 11) is 9.53. The third-order valence-electron chi connectivity index (χ3n) is 4.64. The van der Waals surface area contributed by atoms with E-state index in [-0.39, 0.29) is 13.1 Å². The molecule has 0 aliphatic rings. The van der Waals surface area contributed by atoms with Crippen LogP contribution in [-0.4, -0.2) is 27.4 Å². The van der Waals surface area contributed by atoms with Gasteiger partial charge in [-0.15, -0.1) is 0 Å². The Morgan fingerprint density at radius 2 is 1.09 bits per heavy atom. The Labute approximate surface area is 199 Å². The third-order valence-corrected chi connectivity index (χ3v) is 4.64. The number of fused-ring (bicyclic) bond motifs is 2. The fraction of sp³-hybridized carbons (Fsp3) is 0. The van der Waals surface area contributed by atoms with Crippen molar-refractivity contribution in [3.63, 3.8) is 0 Å². The van der Waals surface area contributed by atoms with Crippen molar-refractivity contribution in [2.24, 2.45) is 9.98 Å².